The number of hydrogen-bond acceptors (Lipinski definition) is 4. The van der Waals surface area contributed by atoms with Crippen molar-refractivity contribution in [1.29, 1.82) is 0 Å². The van der Waals surface area contributed by atoms with Gasteiger partial charge in [0, 0.05) is 54.8 Å². The Labute approximate surface area is 206 Å². The molecule has 3 heterocycles. The average molecular weight is 462 g/mol. The van der Waals surface area contributed by atoms with E-state index in [0.717, 1.165) is 33.8 Å². The molecule has 1 N–H and O–H groups in total. The molecule has 0 bridgehead atoms. The van der Waals surface area contributed by atoms with Crippen molar-refractivity contribution >= 4 is 27.6 Å². The molecular formula is C30H31N5. The molecule has 0 saturated heterocycles. The van der Waals surface area contributed by atoms with Crippen LogP contribution in [0.3, 0.4) is 0 Å². The monoisotopic (exact) mass is 461 g/mol. The van der Waals surface area contributed by atoms with Gasteiger partial charge in [-0.3, -0.25) is 15.0 Å². The maximum atomic E-state index is 4.72. The number of nitrogens with zero attached hydrogens (tertiary/aromatic N) is 4. The summed E-state index contributed by atoms with van der Waals surface area (Å²) in [6, 6.07) is 17.6. The van der Waals surface area contributed by atoms with Gasteiger partial charge in [-0.05, 0) is 71.5 Å². The van der Waals surface area contributed by atoms with Crippen LogP contribution < -0.4 is 5.32 Å². The second kappa shape index (κ2) is 9.14. The summed E-state index contributed by atoms with van der Waals surface area (Å²) in [5.74, 6) is 1.40. The summed E-state index contributed by atoms with van der Waals surface area (Å²) < 4.78 is 2.16. The van der Waals surface area contributed by atoms with Gasteiger partial charge in [-0.1, -0.05) is 38.0 Å². The van der Waals surface area contributed by atoms with Crippen molar-refractivity contribution in [3.63, 3.8) is 0 Å². The van der Waals surface area contributed by atoms with Gasteiger partial charge in [0.05, 0.1) is 17.1 Å². The van der Waals surface area contributed by atoms with E-state index in [1.165, 1.54) is 42.1 Å². The van der Waals surface area contributed by atoms with E-state index in [0.29, 0.717) is 5.92 Å². The van der Waals surface area contributed by atoms with Gasteiger partial charge in [0.2, 0.25) is 0 Å². The van der Waals surface area contributed by atoms with Gasteiger partial charge in [-0.15, -0.1) is 0 Å². The summed E-state index contributed by atoms with van der Waals surface area (Å²) in [6.45, 7) is 2.38. The zero-order chi connectivity index (χ0) is 23.8. The Kier molecular flexibility index (Phi) is 5.69. The lowest BCUT2D eigenvalue weighted by molar-refractivity contribution is 0.264. The zero-order valence-electron chi connectivity index (χ0n) is 20.4. The van der Waals surface area contributed by atoms with E-state index in [4.69, 9.17) is 4.98 Å². The summed E-state index contributed by atoms with van der Waals surface area (Å²) >= 11 is 0. The van der Waals surface area contributed by atoms with Crippen molar-refractivity contribution in [2.45, 2.75) is 38.6 Å². The van der Waals surface area contributed by atoms with Crippen LogP contribution in [-0.4, -0.2) is 19.5 Å². The van der Waals surface area contributed by atoms with Crippen LogP contribution in [0.4, 0.5) is 5.69 Å². The summed E-state index contributed by atoms with van der Waals surface area (Å²) in [5.41, 5.74) is 7.62. The number of aryl methyl sites for hydroxylation is 1. The maximum absolute atomic E-state index is 4.72. The SMILES string of the molecule is CC1CCC(C(Nc2cc(-c3ccc4ccn(C)c4c3)c3nccnc3c2)c2cccnc2)CC1. The molecule has 0 spiro atoms. The molecule has 6 rings (SSSR count). The second-order valence-corrected chi connectivity index (χ2v) is 10.1. The summed E-state index contributed by atoms with van der Waals surface area (Å²) in [6.07, 6.45) is 14.6. The van der Waals surface area contributed by atoms with Crippen LogP contribution in [0, 0.1) is 11.8 Å². The minimum atomic E-state index is 0.216. The molecule has 2 aromatic carbocycles. The number of rotatable bonds is 5. The Balaban J connectivity index is 1.44. The number of anilines is 1. The van der Waals surface area contributed by atoms with Crippen molar-refractivity contribution in [3.05, 3.63) is 85.1 Å². The van der Waals surface area contributed by atoms with Crippen molar-refractivity contribution in [3.8, 4) is 11.1 Å². The lowest BCUT2D eigenvalue weighted by atomic mass is 9.77. The summed E-state index contributed by atoms with van der Waals surface area (Å²) in [4.78, 5) is 13.8. The third-order valence-corrected chi connectivity index (χ3v) is 7.67. The van der Waals surface area contributed by atoms with Gasteiger partial charge in [-0.2, -0.15) is 0 Å². The molecule has 176 valence electrons. The molecule has 1 atom stereocenters. The van der Waals surface area contributed by atoms with Crippen LogP contribution in [-0.2, 0) is 7.05 Å². The molecule has 1 fully saturated rings. The number of fused-ring (bicyclic) bond motifs is 2. The maximum Gasteiger partial charge on any atom is 0.0966 e. The quantitative estimate of drug-likeness (QED) is 0.302. The Morgan fingerprint density at radius 1 is 0.943 bits per heavy atom. The Morgan fingerprint density at radius 3 is 2.63 bits per heavy atom. The third kappa shape index (κ3) is 4.27. The molecule has 1 aliphatic rings. The van der Waals surface area contributed by atoms with E-state index in [2.05, 4.69) is 82.5 Å². The molecule has 5 nitrogen and oxygen atoms in total. The fraction of sp³-hybridized carbons (Fsp3) is 0.300. The number of hydrogen-bond donors (Lipinski definition) is 1. The first kappa shape index (κ1) is 21.8. The van der Waals surface area contributed by atoms with Crippen molar-refractivity contribution in [2.75, 3.05) is 5.32 Å². The van der Waals surface area contributed by atoms with Crippen LogP contribution in [0.25, 0.3) is 33.1 Å². The molecule has 1 unspecified atom stereocenters. The van der Waals surface area contributed by atoms with Crippen LogP contribution in [0.1, 0.15) is 44.2 Å². The van der Waals surface area contributed by atoms with Gasteiger partial charge in [0.15, 0.2) is 0 Å². The van der Waals surface area contributed by atoms with Gasteiger partial charge in [-0.25, -0.2) is 0 Å². The first-order valence-corrected chi connectivity index (χ1v) is 12.6. The van der Waals surface area contributed by atoms with Crippen LogP contribution >= 0.6 is 0 Å². The molecule has 0 aliphatic heterocycles. The molecule has 5 aromatic rings. The largest absolute Gasteiger partial charge is 0.378 e. The molecule has 0 amide bonds. The van der Waals surface area contributed by atoms with Crippen molar-refractivity contribution < 1.29 is 0 Å². The summed E-state index contributed by atoms with van der Waals surface area (Å²) in [7, 11) is 2.09. The highest BCUT2D eigenvalue weighted by molar-refractivity contribution is 5.97. The highest BCUT2D eigenvalue weighted by Gasteiger charge is 2.28. The Morgan fingerprint density at radius 2 is 1.80 bits per heavy atom. The Bertz CT molecular complexity index is 1460. The molecular weight excluding hydrogens is 430 g/mol. The zero-order valence-corrected chi connectivity index (χ0v) is 20.4. The highest BCUT2D eigenvalue weighted by Crippen LogP contribution is 2.40. The second-order valence-electron chi connectivity index (χ2n) is 10.1. The van der Waals surface area contributed by atoms with Gasteiger partial charge < -0.3 is 9.88 Å². The topological polar surface area (TPSA) is 55.6 Å². The normalized spacial score (nSPS) is 19.1. The molecule has 0 radical (unpaired) electrons. The minimum Gasteiger partial charge on any atom is -0.378 e. The molecule has 1 saturated carbocycles. The van der Waals surface area contributed by atoms with E-state index in [1.54, 1.807) is 12.4 Å². The predicted octanol–water partition coefficient (Wildman–Crippen LogP) is 7.16. The molecule has 3 aromatic heterocycles. The van der Waals surface area contributed by atoms with Crippen LogP contribution in [0.2, 0.25) is 0 Å². The molecule has 35 heavy (non-hydrogen) atoms. The standard InChI is InChI=1S/C30H31N5/c1-20-5-7-22(8-6-20)29(24-4-3-12-31-19-24)34-25-17-26(30-27(18-25)32-13-14-33-30)23-10-9-21-11-15-35(2)28(21)16-23/h3-4,9-20,22,29,34H,5-8H2,1-2H3. The fourth-order valence-corrected chi connectivity index (χ4v) is 5.64. The highest BCUT2D eigenvalue weighted by atomic mass is 14.9. The predicted molar refractivity (Wildman–Crippen MR) is 143 cm³/mol. The number of nitrogens with one attached hydrogen (secondary N) is 1. The van der Waals surface area contributed by atoms with E-state index in [1.807, 2.05) is 18.5 Å². The van der Waals surface area contributed by atoms with Gasteiger partial charge >= 0.3 is 0 Å². The van der Waals surface area contributed by atoms with Crippen LogP contribution in [0.15, 0.2) is 79.5 Å². The number of pyridine rings is 1. The van der Waals surface area contributed by atoms with Gasteiger partial charge in [0.1, 0.15) is 0 Å². The van der Waals surface area contributed by atoms with Crippen molar-refractivity contribution in [1.82, 2.24) is 19.5 Å². The summed E-state index contributed by atoms with van der Waals surface area (Å²) in [5, 5.41) is 5.15. The van der Waals surface area contributed by atoms with Crippen molar-refractivity contribution in [2.24, 2.45) is 18.9 Å². The fourth-order valence-electron chi connectivity index (χ4n) is 5.64. The third-order valence-electron chi connectivity index (χ3n) is 7.67. The molecule has 5 heteroatoms. The van der Waals surface area contributed by atoms with E-state index in [-0.39, 0.29) is 6.04 Å². The van der Waals surface area contributed by atoms with E-state index in [9.17, 15) is 0 Å². The number of benzene rings is 2. The van der Waals surface area contributed by atoms with Gasteiger partial charge in [0.25, 0.3) is 0 Å². The average Bonchev–Trinajstić information content (AvgIpc) is 3.28. The van der Waals surface area contributed by atoms with E-state index < -0.39 is 0 Å². The lowest BCUT2D eigenvalue weighted by Gasteiger charge is -2.34. The van der Waals surface area contributed by atoms with Crippen LogP contribution in [0.5, 0.6) is 0 Å². The minimum absolute atomic E-state index is 0.216. The lowest BCUT2D eigenvalue weighted by Crippen LogP contribution is -2.25. The van der Waals surface area contributed by atoms with E-state index >= 15 is 0 Å². The molecule has 1 aliphatic carbocycles. The first-order valence-electron chi connectivity index (χ1n) is 12.6. The first-order chi connectivity index (χ1) is 17.2. The number of aromatic nitrogens is 4. The Hall–Kier alpha value is -3.73. The smallest absolute Gasteiger partial charge is 0.0966 e.